The summed E-state index contributed by atoms with van der Waals surface area (Å²) in [6.45, 7) is 0. The van der Waals surface area contributed by atoms with Crippen LogP contribution in [0.5, 0.6) is 0 Å². The molecule has 0 radical (unpaired) electrons. The van der Waals surface area contributed by atoms with Crippen molar-refractivity contribution >= 4 is 21.7 Å². The van der Waals surface area contributed by atoms with E-state index in [4.69, 9.17) is 4.42 Å². The van der Waals surface area contributed by atoms with Crippen LogP contribution in [0.15, 0.2) is 71.5 Å². The molecule has 0 N–H and O–H groups in total. The average Bonchev–Trinajstić information content (AvgIpc) is 3.01. The van der Waals surface area contributed by atoms with Crippen LogP contribution >= 0.6 is 0 Å². The molecule has 4 rings (SSSR count). The normalized spacial score (nSPS) is 11.3. The van der Waals surface area contributed by atoms with E-state index in [1.165, 1.54) is 5.39 Å². The summed E-state index contributed by atoms with van der Waals surface area (Å²) in [4.78, 5) is 0. The quantitative estimate of drug-likeness (QED) is 0.477. The largest absolute Gasteiger partial charge is 0.447 e. The maximum absolute atomic E-state index is 5.73. The Labute approximate surface area is 104 Å². The molecule has 18 heavy (non-hydrogen) atoms. The van der Waals surface area contributed by atoms with Gasteiger partial charge < -0.3 is 4.42 Å². The number of rotatable bonds is 1. The zero-order chi connectivity index (χ0) is 11.9. The molecular weight excluding hydrogens is 222 g/mol. The first-order valence-corrected chi connectivity index (χ1v) is 5.96. The summed E-state index contributed by atoms with van der Waals surface area (Å²) in [5, 5.41) is 3.49. The fourth-order valence-electron chi connectivity index (χ4n) is 2.42. The molecule has 0 spiro atoms. The molecule has 0 aliphatic carbocycles. The number of nitrogens with zero attached hydrogens (tertiary/aromatic N) is 1. The van der Waals surface area contributed by atoms with Crippen molar-refractivity contribution in [3.63, 3.8) is 0 Å². The number of fused-ring (bicyclic) bond motifs is 2. The Balaban J connectivity index is 2.08. The molecule has 2 heteroatoms. The molecule has 2 heterocycles. The maximum Gasteiger partial charge on any atom is 0.211 e. The molecule has 2 aromatic heterocycles. The van der Waals surface area contributed by atoms with E-state index in [9.17, 15) is 0 Å². The van der Waals surface area contributed by atoms with Gasteiger partial charge in [-0.25, -0.2) is 0 Å². The van der Waals surface area contributed by atoms with Crippen LogP contribution in [-0.2, 0) is 0 Å². The molecule has 2 nitrogen and oxygen atoms in total. The molecule has 0 saturated heterocycles. The highest BCUT2D eigenvalue weighted by molar-refractivity contribution is 5.91. The fraction of sp³-hybridized carbons (Fsp3) is 0. The van der Waals surface area contributed by atoms with Crippen LogP contribution in [0.1, 0.15) is 0 Å². The average molecular weight is 233 g/mol. The highest BCUT2D eigenvalue weighted by Gasteiger charge is 2.09. The van der Waals surface area contributed by atoms with Gasteiger partial charge in [-0.05, 0) is 18.2 Å². The van der Waals surface area contributed by atoms with E-state index in [2.05, 4.69) is 41.1 Å². The van der Waals surface area contributed by atoms with E-state index in [-0.39, 0.29) is 0 Å². The zero-order valence-electron chi connectivity index (χ0n) is 9.71. The fourth-order valence-corrected chi connectivity index (χ4v) is 2.42. The van der Waals surface area contributed by atoms with Crippen molar-refractivity contribution in [3.8, 4) is 5.88 Å². The number of para-hydroxylation sites is 1. The summed E-state index contributed by atoms with van der Waals surface area (Å²) in [5.74, 6) is 0.881. The molecule has 0 aliphatic rings. The topological polar surface area (TPSA) is 18.1 Å². The lowest BCUT2D eigenvalue weighted by molar-refractivity contribution is 0.548. The lowest BCUT2D eigenvalue weighted by atomic mass is 10.2. The van der Waals surface area contributed by atoms with E-state index in [1.54, 1.807) is 6.26 Å². The number of aromatic nitrogens is 1. The van der Waals surface area contributed by atoms with Gasteiger partial charge in [0.2, 0.25) is 5.88 Å². The van der Waals surface area contributed by atoms with Crippen molar-refractivity contribution in [2.45, 2.75) is 0 Å². The molecule has 0 unspecified atom stereocenters. The maximum atomic E-state index is 5.73. The summed E-state index contributed by atoms with van der Waals surface area (Å²) in [7, 11) is 0. The Morgan fingerprint density at radius 2 is 1.56 bits per heavy atom. The van der Waals surface area contributed by atoms with Crippen molar-refractivity contribution in [2.24, 2.45) is 0 Å². The second kappa shape index (κ2) is 3.50. The minimum absolute atomic E-state index is 0.881. The van der Waals surface area contributed by atoms with Crippen LogP contribution in [0.3, 0.4) is 0 Å². The van der Waals surface area contributed by atoms with Crippen molar-refractivity contribution in [2.75, 3.05) is 0 Å². The van der Waals surface area contributed by atoms with Crippen LogP contribution in [0.4, 0.5) is 0 Å². The molecule has 4 aromatic rings. The minimum Gasteiger partial charge on any atom is -0.447 e. The third kappa shape index (κ3) is 1.23. The van der Waals surface area contributed by atoms with Crippen LogP contribution < -0.4 is 0 Å². The third-order valence-corrected chi connectivity index (χ3v) is 3.31. The SMILES string of the molecule is c1ccc2c(-n3ccc4ccccc43)occ2c1. The van der Waals surface area contributed by atoms with Crippen molar-refractivity contribution in [1.29, 1.82) is 0 Å². The van der Waals surface area contributed by atoms with Crippen LogP contribution in [-0.4, -0.2) is 4.57 Å². The summed E-state index contributed by atoms with van der Waals surface area (Å²) >= 11 is 0. The zero-order valence-corrected chi connectivity index (χ0v) is 9.71. The summed E-state index contributed by atoms with van der Waals surface area (Å²) < 4.78 is 7.83. The lowest BCUT2D eigenvalue weighted by Crippen LogP contribution is -1.89. The number of hydrogen-bond donors (Lipinski definition) is 0. The number of furan rings is 1. The molecule has 2 aromatic carbocycles. The molecule has 0 fully saturated rings. The Bertz CT molecular complexity index is 766. The van der Waals surface area contributed by atoms with E-state index in [0.29, 0.717) is 0 Å². The van der Waals surface area contributed by atoms with Gasteiger partial charge in [-0.3, -0.25) is 4.57 Å². The van der Waals surface area contributed by atoms with Gasteiger partial charge in [-0.15, -0.1) is 0 Å². The van der Waals surface area contributed by atoms with Crippen molar-refractivity contribution in [3.05, 3.63) is 67.1 Å². The van der Waals surface area contributed by atoms with Gasteiger partial charge in [-0.1, -0.05) is 36.4 Å². The molecule has 0 amide bonds. The third-order valence-electron chi connectivity index (χ3n) is 3.31. The Hall–Kier alpha value is -2.48. The van der Waals surface area contributed by atoms with Gasteiger partial charge in [0.1, 0.15) is 6.26 Å². The van der Waals surface area contributed by atoms with Crippen LogP contribution in [0, 0.1) is 0 Å². The summed E-state index contributed by atoms with van der Waals surface area (Å²) in [6, 6.07) is 18.6. The number of hydrogen-bond acceptors (Lipinski definition) is 1. The predicted molar refractivity (Wildman–Crippen MR) is 73.0 cm³/mol. The van der Waals surface area contributed by atoms with Crippen molar-refractivity contribution < 1.29 is 4.42 Å². The molecule has 0 atom stereocenters. The first-order valence-electron chi connectivity index (χ1n) is 5.96. The van der Waals surface area contributed by atoms with Gasteiger partial charge in [0, 0.05) is 22.4 Å². The lowest BCUT2D eigenvalue weighted by Gasteiger charge is -2.01. The van der Waals surface area contributed by atoms with Gasteiger partial charge in [0.25, 0.3) is 0 Å². The van der Waals surface area contributed by atoms with Crippen LogP contribution in [0.25, 0.3) is 27.6 Å². The molecule has 86 valence electrons. The Morgan fingerprint density at radius 1 is 0.778 bits per heavy atom. The number of benzene rings is 2. The summed E-state index contributed by atoms with van der Waals surface area (Å²) in [6.07, 6.45) is 3.86. The first-order chi connectivity index (χ1) is 8.93. The van der Waals surface area contributed by atoms with Gasteiger partial charge >= 0.3 is 0 Å². The minimum atomic E-state index is 0.881. The second-order valence-electron chi connectivity index (χ2n) is 4.37. The first kappa shape index (κ1) is 9.54. The summed E-state index contributed by atoms with van der Waals surface area (Å²) in [5.41, 5.74) is 1.16. The Kier molecular flexibility index (Phi) is 1.86. The van der Waals surface area contributed by atoms with E-state index in [1.807, 2.05) is 24.3 Å². The van der Waals surface area contributed by atoms with Gasteiger partial charge in [0.05, 0.1) is 5.52 Å². The molecule has 0 bridgehead atoms. The Morgan fingerprint density at radius 3 is 2.50 bits per heavy atom. The highest BCUT2D eigenvalue weighted by Crippen LogP contribution is 2.27. The predicted octanol–water partition coefficient (Wildman–Crippen LogP) is 4.38. The van der Waals surface area contributed by atoms with E-state index >= 15 is 0 Å². The molecule has 0 aliphatic heterocycles. The van der Waals surface area contributed by atoms with E-state index in [0.717, 1.165) is 22.2 Å². The monoisotopic (exact) mass is 233 g/mol. The molecule has 0 saturated carbocycles. The van der Waals surface area contributed by atoms with E-state index < -0.39 is 0 Å². The van der Waals surface area contributed by atoms with Gasteiger partial charge in [0.15, 0.2) is 0 Å². The van der Waals surface area contributed by atoms with Crippen molar-refractivity contribution in [1.82, 2.24) is 4.57 Å². The van der Waals surface area contributed by atoms with Gasteiger partial charge in [-0.2, -0.15) is 0 Å². The standard InChI is InChI=1S/C16H11NO/c1-3-7-14-13(6-1)11-18-16(14)17-10-9-12-5-2-4-8-15(12)17/h1-11H. The highest BCUT2D eigenvalue weighted by atomic mass is 16.3. The second-order valence-corrected chi connectivity index (χ2v) is 4.37. The van der Waals surface area contributed by atoms with Crippen LogP contribution in [0.2, 0.25) is 0 Å². The smallest absolute Gasteiger partial charge is 0.211 e. The molecular formula is C16H11NO.